The standard InChI is InChI=1S/C13H19NO2.C2H6/c1-4-7-10(2)14-13(16-3)11-8-5-6-9-12(11)15;1-2/h5-6,8-10,15H,4,7H2,1-3H3;1-2H3. The summed E-state index contributed by atoms with van der Waals surface area (Å²) in [5.74, 6) is 0.700. The molecule has 0 saturated carbocycles. The van der Waals surface area contributed by atoms with E-state index in [9.17, 15) is 5.11 Å². The second-order valence-electron chi connectivity index (χ2n) is 3.79. The van der Waals surface area contributed by atoms with Crippen LogP contribution in [-0.4, -0.2) is 24.2 Å². The Morgan fingerprint density at radius 2 is 1.94 bits per heavy atom. The van der Waals surface area contributed by atoms with E-state index in [2.05, 4.69) is 11.9 Å². The number of hydrogen-bond donors (Lipinski definition) is 1. The highest BCUT2D eigenvalue weighted by atomic mass is 16.5. The van der Waals surface area contributed by atoms with Crippen molar-refractivity contribution in [3.63, 3.8) is 0 Å². The van der Waals surface area contributed by atoms with Crippen LogP contribution in [0.15, 0.2) is 29.3 Å². The number of aliphatic imine (C=N–C) groups is 1. The van der Waals surface area contributed by atoms with E-state index >= 15 is 0 Å². The molecule has 1 aromatic carbocycles. The number of rotatable bonds is 4. The van der Waals surface area contributed by atoms with E-state index in [1.165, 1.54) is 0 Å². The molecule has 1 unspecified atom stereocenters. The number of methoxy groups -OCH3 is 1. The molecule has 1 rings (SSSR count). The first-order valence-electron chi connectivity index (χ1n) is 6.59. The Kier molecular flexibility index (Phi) is 8.71. The van der Waals surface area contributed by atoms with Gasteiger partial charge in [0.25, 0.3) is 0 Å². The minimum absolute atomic E-state index is 0.201. The highest BCUT2D eigenvalue weighted by Crippen LogP contribution is 2.18. The van der Waals surface area contributed by atoms with Crippen LogP contribution in [0.5, 0.6) is 5.75 Å². The molecule has 3 nitrogen and oxygen atoms in total. The van der Waals surface area contributed by atoms with E-state index in [1.54, 1.807) is 25.3 Å². The van der Waals surface area contributed by atoms with Crippen LogP contribution in [0.3, 0.4) is 0 Å². The molecule has 1 aromatic rings. The molecule has 3 heteroatoms. The Balaban J connectivity index is 0.00000137. The lowest BCUT2D eigenvalue weighted by Gasteiger charge is -2.10. The average Bonchev–Trinajstić information content (AvgIpc) is 2.39. The topological polar surface area (TPSA) is 41.8 Å². The van der Waals surface area contributed by atoms with Gasteiger partial charge in [-0.05, 0) is 25.5 Å². The van der Waals surface area contributed by atoms with Gasteiger partial charge < -0.3 is 9.84 Å². The highest BCUT2D eigenvalue weighted by molar-refractivity contribution is 5.96. The molecule has 102 valence electrons. The second kappa shape index (κ2) is 9.51. The van der Waals surface area contributed by atoms with Gasteiger partial charge in [-0.2, -0.15) is 0 Å². The zero-order chi connectivity index (χ0) is 14.0. The molecule has 0 amide bonds. The van der Waals surface area contributed by atoms with Gasteiger partial charge in [0.05, 0.1) is 18.7 Å². The lowest BCUT2D eigenvalue weighted by molar-refractivity contribution is 0.393. The quantitative estimate of drug-likeness (QED) is 0.649. The maximum Gasteiger partial charge on any atom is 0.219 e. The average molecular weight is 251 g/mol. The van der Waals surface area contributed by atoms with Gasteiger partial charge in [-0.1, -0.05) is 39.3 Å². The van der Waals surface area contributed by atoms with Crippen molar-refractivity contribution in [2.45, 2.75) is 46.6 Å². The van der Waals surface area contributed by atoms with Crippen LogP contribution in [0.2, 0.25) is 0 Å². The van der Waals surface area contributed by atoms with Crippen molar-refractivity contribution in [2.24, 2.45) is 4.99 Å². The van der Waals surface area contributed by atoms with E-state index < -0.39 is 0 Å². The Morgan fingerprint density at radius 1 is 1.33 bits per heavy atom. The predicted molar refractivity (Wildman–Crippen MR) is 77.4 cm³/mol. The molecule has 18 heavy (non-hydrogen) atoms. The molecule has 0 radical (unpaired) electrons. The van der Waals surface area contributed by atoms with E-state index in [0.717, 1.165) is 12.8 Å². The molecule has 0 aliphatic heterocycles. The van der Waals surface area contributed by atoms with Crippen LogP contribution < -0.4 is 0 Å². The molecular formula is C15H25NO2. The summed E-state index contributed by atoms with van der Waals surface area (Å²) >= 11 is 0. The second-order valence-corrected chi connectivity index (χ2v) is 3.79. The van der Waals surface area contributed by atoms with Crippen LogP contribution >= 0.6 is 0 Å². The summed E-state index contributed by atoms with van der Waals surface area (Å²) in [4.78, 5) is 4.45. The highest BCUT2D eigenvalue weighted by Gasteiger charge is 2.09. The number of nitrogens with zero attached hydrogens (tertiary/aromatic N) is 1. The Labute approximate surface area is 111 Å². The van der Waals surface area contributed by atoms with Gasteiger partial charge >= 0.3 is 0 Å². The summed E-state index contributed by atoms with van der Waals surface area (Å²) in [5, 5.41) is 9.69. The Hall–Kier alpha value is -1.51. The number of para-hydroxylation sites is 1. The van der Waals surface area contributed by atoms with E-state index in [-0.39, 0.29) is 11.8 Å². The fourth-order valence-corrected chi connectivity index (χ4v) is 1.57. The van der Waals surface area contributed by atoms with Crippen molar-refractivity contribution in [3.8, 4) is 5.75 Å². The molecule has 0 aliphatic rings. The number of benzene rings is 1. The molecule has 0 fully saturated rings. The lowest BCUT2D eigenvalue weighted by Crippen LogP contribution is -2.09. The molecular weight excluding hydrogens is 226 g/mol. The van der Waals surface area contributed by atoms with Gasteiger partial charge in [0, 0.05) is 0 Å². The molecule has 0 bridgehead atoms. The molecule has 0 saturated heterocycles. The van der Waals surface area contributed by atoms with Crippen molar-refractivity contribution in [1.82, 2.24) is 0 Å². The number of phenols is 1. The summed E-state index contributed by atoms with van der Waals surface area (Å²) in [6, 6.07) is 7.28. The summed E-state index contributed by atoms with van der Waals surface area (Å²) in [7, 11) is 1.57. The lowest BCUT2D eigenvalue weighted by atomic mass is 10.1. The van der Waals surface area contributed by atoms with Crippen LogP contribution in [0, 0.1) is 0 Å². The minimum Gasteiger partial charge on any atom is -0.507 e. The molecule has 0 aliphatic carbocycles. The Bertz CT molecular complexity index is 361. The third kappa shape index (κ3) is 5.21. The fraction of sp³-hybridized carbons (Fsp3) is 0.533. The number of phenolic OH excluding ortho intramolecular Hbond substituents is 1. The summed E-state index contributed by atoms with van der Waals surface area (Å²) in [6.07, 6.45) is 2.10. The molecule has 0 spiro atoms. The first kappa shape index (κ1) is 16.5. The normalized spacial score (nSPS) is 12.4. The fourth-order valence-electron chi connectivity index (χ4n) is 1.57. The van der Waals surface area contributed by atoms with Gasteiger partial charge in [0.2, 0.25) is 5.90 Å². The third-order valence-corrected chi connectivity index (χ3v) is 2.37. The van der Waals surface area contributed by atoms with E-state index in [4.69, 9.17) is 4.74 Å². The van der Waals surface area contributed by atoms with Gasteiger partial charge in [-0.15, -0.1) is 0 Å². The zero-order valence-electron chi connectivity index (χ0n) is 12.1. The van der Waals surface area contributed by atoms with Crippen molar-refractivity contribution < 1.29 is 9.84 Å². The van der Waals surface area contributed by atoms with Crippen molar-refractivity contribution >= 4 is 5.90 Å². The van der Waals surface area contributed by atoms with Crippen molar-refractivity contribution in [3.05, 3.63) is 29.8 Å². The minimum atomic E-state index is 0.201. The van der Waals surface area contributed by atoms with Gasteiger partial charge in [-0.3, -0.25) is 0 Å². The molecule has 0 aromatic heterocycles. The van der Waals surface area contributed by atoms with Crippen LogP contribution in [0.25, 0.3) is 0 Å². The number of hydrogen-bond acceptors (Lipinski definition) is 3. The van der Waals surface area contributed by atoms with Crippen molar-refractivity contribution in [2.75, 3.05) is 7.11 Å². The zero-order valence-corrected chi connectivity index (χ0v) is 12.1. The summed E-state index contributed by atoms with van der Waals surface area (Å²) in [6.45, 7) is 8.17. The molecule has 0 heterocycles. The monoisotopic (exact) mass is 251 g/mol. The van der Waals surface area contributed by atoms with Gasteiger partial charge in [0.1, 0.15) is 5.75 Å². The van der Waals surface area contributed by atoms with Gasteiger partial charge in [0.15, 0.2) is 0 Å². The van der Waals surface area contributed by atoms with Crippen LogP contribution in [-0.2, 0) is 4.74 Å². The maximum atomic E-state index is 9.69. The first-order valence-corrected chi connectivity index (χ1v) is 6.59. The smallest absolute Gasteiger partial charge is 0.219 e. The Morgan fingerprint density at radius 3 is 2.44 bits per heavy atom. The largest absolute Gasteiger partial charge is 0.507 e. The maximum absolute atomic E-state index is 9.69. The summed E-state index contributed by atoms with van der Waals surface area (Å²) < 4.78 is 5.22. The van der Waals surface area contributed by atoms with Crippen LogP contribution in [0.1, 0.15) is 46.1 Å². The molecule has 1 N–H and O–H groups in total. The first-order chi connectivity index (χ1) is 8.69. The van der Waals surface area contributed by atoms with E-state index in [1.807, 2.05) is 26.8 Å². The number of aromatic hydroxyl groups is 1. The predicted octanol–water partition coefficient (Wildman–Crippen LogP) is 4.00. The van der Waals surface area contributed by atoms with Crippen molar-refractivity contribution in [1.29, 1.82) is 0 Å². The van der Waals surface area contributed by atoms with Gasteiger partial charge in [-0.25, -0.2) is 4.99 Å². The third-order valence-electron chi connectivity index (χ3n) is 2.37. The SMILES string of the molecule is CC.CCCC(C)N=C(OC)c1ccccc1O. The van der Waals surface area contributed by atoms with Crippen LogP contribution in [0.4, 0.5) is 0 Å². The number of ether oxygens (including phenoxy) is 1. The summed E-state index contributed by atoms with van der Waals surface area (Å²) in [5.41, 5.74) is 0.646. The van der Waals surface area contributed by atoms with E-state index in [0.29, 0.717) is 11.5 Å². The molecule has 1 atom stereocenters.